The molecule has 0 saturated heterocycles. The monoisotopic (exact) mass is 428 g/mol. The Labute approximate surface area is 178 Å². The van der Waals surface area contributed by atoms with E-state index in [0.29, 0.717) is 44.9 Å². The number of nitrogens with one attached hydrogen (secondary N) is 2. The fraction of sp³-hybridized carbons (Fsp3) is 0.0909. The van der Waals surface area contributed by atoms with Crippen molar-refractivity contribution in [2.75, 3.05) is 17.2 Å². The van der Waals surface area contributed by atoms with E-state index in [1.165, 1.54) is 0 Å². The van der Waals surface area contributed by atoms with Crippen LogP contribution in [0.4, 0.5) is 11.4 Å². The van der Waals surface area contributed by atoms with Crippen molar-refractivity contribution in [3.63, 3.8) is 0 Å². The molecule has 7 heteroatoms. The third kappa shape index (κ3) is 5.50. The molecule has 2 amide bonds. The van der Waals surface area contributed by atoms with Crippen LogP contribution in [0.15, 0.2) is 66.7 Å². The molecule has 0 aliphatic rings. The van der Waals surface area contributed by atoms with Gasteiger partial charge in [-0.2, -0.15) is 0 Å². The molecule has 0 heterocycles. The van der Waals surface area contributed by atoms with Crippen LogP contribution in [0.3, 0.4) is 0 Å². The van der Waals surface area contributed by atoms with Crippen LogP contribution in [0.2, 0.25) is 10.0 Å². The fourth-order valence-corrected chi connectivity index (χ4v) is 3.01. The average molecular weight is 429 g/mol. The SMILES string of the molecule is CCOc1ccc(C(=O)Nc2ccc(NC(=O)c3cccc(Cl)c3)cc2)cc1Cl. The molecule has 0 saturated carbocycles. The number of halogens is 2. The van der Waals surface area contributed by atoms with Gasteiger partial charge in [0.15, 0.2) is 0 Å². The van der Waals surface area contributed by atoms with Gasteiger partial charge in [-0.15, -0.1) is 0 Å². The Hall–Kier alpha value is -3.02. The zero-order valence-corrected chi connectivity index (χ0v) is 17.1. The number of rotatable bonds is 6. The number of hydrogen-bond donors (Lipinski definition) is 2. The van der Waals surface area contributed by atoms with Crippen molar-refractivity contribution in [2.45, 2.75) is 6.92 Å². The standard InChI is InChI=1S/C22H18Cl2N2O3/c1-2-29-20-11-6-15(13-19(20)24)22(28)26-18-9-7-17(8-10-18)25-21(27)14-4-3-5-16(23)12-14/h3-13H,2H2,1H3,(H,25,27)(H,26,28). The lowest BCUT2D eigenvalue weighted by Crippen LogP contribution is -2.13. The molecule has 0 unspecified atom stereocenters. The van der Waals surface area contributed by atoms with Gasteiger partial charge in [0.05, 0.1) is 11.6 Å². The summed E-state index contributed by atoms with van der Waals surface area (Å²) in [7, 11) is 0. The maximum absolute atomic E-state index is 12.4. The zero-order valence-electron chi connectivity index (χ0n) is 15.5. The second-order valence-electron chi connectivity index (χ2n) is 6.07. The van der Waals surface area contributed by atoms with E-state index in [0.717, 1.165) is 0 Å². The van der Waals surface area contributed by atoms with Crippen molar-refractivity contribution >= 4 is 46.4 Å². The third-order valence-corrected chi connectivity index (χ3v) is 4.51. The first-order valence-corrected chi connectivity index (χ1v) is 9.62. The Kier molecular flexibility index (Phi) is 6.75. The molecule has 0 bridgehead atoms. The lowest BCUT2D eigenvalue weighted by atomic mass is 10.2. The first kappa shape index (κ1) is 20.7. The highest BCUT2D eigenvalue weighted by Crippen LogP contribution is 2.26. The van der Waals surface area contributed by atoms with Crippen LogP contribution >= 0.6 is 23.2 Å². The Balaban J connectivity index is 1.63. The Bertz CT molecular complexity index is 1040. The van der Waals surface area contributed by atoms with E-state index in [1.807, 2.05) is 6.92 Å². The maximum Gasteiger partial charge on any atom is 0.255 e. The molecule has 0 atom stereocenters. The largest absolute Gasteiger partial charge is 0.492 e. The lowest BCUT2D eigenvalue weighted by molar-refractivity contribution is 0.101. The van der Waals surface area contributed by atoms with E-state index in [1.54, 1.807) is 66.7 Å². The lowest BCUT2D eigenvalue weighted by Gasteiger charge is -2.10. The van der Waals surface area contributed by atoms with Gasteiger partial charge in [-0.3, -0.25) is 9.59 Å². The highest BCUT2D eigenvalue weighted by atomic mass is 35.5. The summed E-state index contributed by atoms with van der Waals surface area (Å²) in [5.41, 5.74) is 2.05. The molecule has 29 heavy (non-hydrogen) atoms. The van der Waals surface area contributed by atoms with E-state index in [9.17, 15) is 9.59 Å². The van der Waals surface area contributed by atoms with E-state index in [4.69, 9.17) is 27.9 Å². The van der Waals surface area contributed by atoms with Gasteiger partial charge >= 0.3 is 0 Å². The van der Waals surface area contributed by atoms with Crippen molar-refractivity contribution in [2.24, 2.45) is 0 Å². The number of carbonyl (C=O) groups is 2. The summed E-state index contributed by atoms with van der Waals surface area (Å²) in [5, 5.41) is 6.43. The van der Waals surface area contributed by atoms with Crippen molar-refractivity contribution in [3.05, 3.63) is 87.9 Å². The van der Waals surface area contributed by atoms with Gasteiger partial charge in [0.25, 0.3) is 11.8 Å². The van der Waals surface area contributed by atoms with Gasteiger partial charge in [-0.25, -0.2) is 0 Å². The molecule has 3 rings (SSSR count). The van der Waals surface area contributed by atoms with Crippen LogP contribution in [0.1, 0.15) is 27.6 Å². The van der Waals surface area contributed by atoms with E-state index < -0.39 is 0 Å². The number of hydrogen-bond acceptors (Lipinski definition) is 3. The fourth-order valence-electron chi connectivity index (χ4n) is 2.59. The first-order valence-electron chi connectivity index (χ1n) is 8.87. The normalized spacial score (nSPS) is 10.3. The van der Waals surface area contributed by atoms with E-state index in [2.05, 4.69) is 10.6 Å². The summed E-state index contributed by atoms with van der Waals surface area (Å²) in [4.78, 5) is 24.7. The number of ether oxygens (including phenoxy) is 1. The molecule has 0 radical (unpaired) electrons. The van der Waals surface area contributed by atoms with Gasteiger partial charge in [0, 0.05) is 27.5 Å². The van der Waals surface area contributed by atoms with Gasteiger partial charge in [0.2, 0.25) is 0 Å². The van der Waals surface area contributed by atoms with Crippen LogP contribution < -0.4 is 15.4 Å². The smallest absolute Gasteiger partial charge is 0.255 e. The minimum Gasteiger partial charge on any atom is -0.492 e. The minimum atomic E-state index is -0.300. The predicted molar refractivity (Wildman–Crippen MR) is 116 cm³/mol. The molecule has 5 nitrogen and oxygen atoms in total. The van der Waals surface area contributed by atoms with Gasteiger partial charge in [-0.1, -0.05) is 29.3 Å². The molecule has 0 aromatic heterocycles. The maximum atomic E-state index is 12.4. The molecule has 148 valence electrons. The van der Waals surface area contributed by atoms with Gasteiger partial charge in [0.1, 0.15) is 5.75 Å². The molecule has 2 N–H and O–H groups in total. The highest BCUT2D eigenvalue weighted by molar-refractivity contribution is 6.32. The van der Waals surface area contributed by atoms with Crippen LogP contribution in [-0.4, -0.2) is 18.4 Å². The summed E-state index contributed by atoms with van der Waals surface area (Å²) in [6.45, 7) is 2.35. The van der Waals surface area contributed by atoms with Gasteiger partial charge < -0.3 is 15.4 Å². The second kappa shape index (κ2) is 9.45. The topological polar surface area (TPSA) is 67.4 Å². The molecule has 0 fully saturated rings. The number of amides is 2. The molecule has 0 spiro atoms. The van der Waals surface area contributed by atoms with Crippen molar-refractivity contribution < 1.29 is 14.3 Å². The number of benzene rings is 3. The van der Waals surface area contributed by atoms with E-state index in [-0.39, 0.29) is 11.8 Å². The van der Waals surface area contributed by atoms with Crippen molar-refractivity contribution in [1.29, 1.82) is 0 Å². The molecule has 3 aromatic carbocycles. The van der Waals surface area contributed by atoms with Crippen molar-refractivity contribution in [1.82, 2.24) is 0 Å². The Morgan fingerprint density at radius 1 is 0.828 bits per heavy atom. The van der Waals surface area contributed by atoms with Crippen LogP contribution in [-0.2, 0) is 0 Å². The van der Waals surface area contributed by atoms with Crippen molar-refractivity contribution in [3.8, 4) is 5.75 Å². The Morgan fingerprint density at radius 2 is 1.41 bits per heavy atom. The molecule has 3 aromatic rings. The quantitative estimate of drug-likeness (QED) is 0.513. The molecule has 0 aliphatic heterocycles. The average Bonchev–Trinajstić information content (AvgIpc) is 2.71. The summed E-state index contributed by atoms with van der Waals surface area (Å²) in [6.07, 6.45) is 0. The summed E-state index contributed by atoms with van der Waals surface area (Å²) >= 11 is 12.0. The summed E-state index contributed by atoms with van der Waals surface area (Å²) < 4.78 is 5.37. The number of carbonyl (C=O) groups excluding carboxylic acids is 2. The van der Waals surface area contributed by atoms with E-state index >= 15 is 0 Å². The number of anilines is 2. The third-order valence-electron chi connectivity index (χ3n) is 3.98. The van der Waals surface area contributed by atoms with Crippen LogP contribution in [0, 0.1) is 0 Å². The molecular formula is C22H18Cl2N2O3. The zero-order chi connectivity index (χ0) is 20.8. The highest BCUT2D eigenvalue weighted by Gasteiger charge is 2.11. The Morgan fingerprint density at radius 3 is 1.93 bits per heavy atom. The molecule has 0 aliphatic carbocycles. The van der Waals surface area contributed by atoms with Gasteiger partial charge in [-0.05, 0) is 67.6 Å². The van der Waals surface area contributed by atoms with Crippen LogP contribution in [0.25, 0.3) is 0 Å². The van der Waals surface area contributed by atoms with Crippen LogP contribution in [0.5, 0.6) is 5.75 Å². The molecular weight excluding hydrogens is 411 g/mol. The predicted octanol–water partition coefficient (Wildman–Crippen LogP) is 5.90. The summed E-state index contributed by atoms with van der Waals surface area (Å²) in [6, 6.07) is 18.3. The minimum absolute atomic E-state index is 0.270. The second-order valence-corrected chi connectivity index (χ2v) is 6.92. The summed E-state index contributed by atoms with van der Waals surface area (Å²) in [5.74, 6) is -0.0375. The first-order chi connectivity index (χ1) is 14.0.